The first-order chi connectivity index (χ1) is 60.4. The number of aromatic nitrogens is 2. The van der Waals surface area contributed by atoms with Gasteiger partial charge in [0.05, 0.1) is 31.6 Å². The lowest BCUT2D eigenvalue weighted by atomic mass is 10.0. The van der Waals surface area contributed by atoms with Crippen LogP contribution in [0.2, 0.25) is 0 Å². The Morgan fingerprint density at radius 2 is 1.30 bits per heavy atom. The molecule has 3 aromatic carbocycles. The first kappa shape index (κ1) is 101. The number of thioether (sulfide) groups is 1. The Morgan fingerprint density at radius 1 is 0.654 bits per heavy atom. The second kappa shape index (κ2) is 49.6. The van der Waals surface area contributed by atoms with Crippen molar-refractivity contribution < 1.29 is 86.3 Å². The number of nitrogens with one attached hydrogen (secondary N) is 12. The summed E-state index contributed by atoms with van der Waals surface area (Å²) < 4.78 is 0. The topological polar surface area (TPSA) is 592 Å². The average Bonchev–Trinajstić information content (AvgIpc) is 1.77. The van der Waals surface area contributed by atoms with E-state index in [4.69, 9.17) is 22.9 Å². The summed E-state index contributed by atoms with van der Waals surface area (Å²) in [4.78, 5) is 269. The van der Waals surface area contributed by atoms with Gasteiger partial charge in [-0.1, -0.05) is 100 Å². The molecule has 5 aromatic rings. The van der Waals surface area contributed by atoms with Gasteiger partial charge in [-0.2, -0.15) is 0 Å². The van der Waals surface area contributed by atoms with E-state index in [1.54, 1.807) is 91.3 Å². The van der Waals surface area contributed by atoms with Crippen molar-refractivity contribution in [1.29, 1.82) is 0 Å². The standard InChI is InChI=1S/C86H122N22O18S/c1-10-11-29-68-81(121)100-59(78(118)103-66(77(117)95-44-70(89)110)46-127-47-74(114)98-63(38-52-22-13-12-14-23-52)84(124)105(7)50(4)76(116)101-65(41-69(88)109)86(126)108-36-21-30-67(108)75(90)115)28-19-20-34-92-71(111)32-31-60(79(119)102-64(85(125)106(8)51(5)82(122)107(68)9)40-54-43-94-58-27-18-16-25-56(54)58)99-80(120)61(39-53-42-93-57-26-17-15-24-55(53)57)96-73(113)45-104(6)83(123)62(37-49(2)3)97-72(112)33-35-91-48-87/h12-18,22-27,42-43,48-51,59-68,93-94H,10-11,19-21,28-41,44-47H2,1-9H3,(H2,87,91)(H2,88,109)(H2,89,110)(H2,90,115)(H,92,111)(H,95,117)(H,96,113)(H,97,112)(H,98,114)(H,99,120)(H,100,121)(H,101,116)(H,102,119)(H,103,118)/t50-,51?,59-,60-,61-,62-,63-,64-,65-,66-,67-,68-/m0/s1. The zero-order valence-corrected chi connectivity index (χ0v) is 74.1. The van der Waals surface area contributed by atoms with Gasteiger partial charge in [0, 0.05) is 120 Å². The first-order valence-electron chi connectivity index (χ1n) is 42.5. The number of hydrogen-bond acceptors (Lipinski definition) is 20. The predicted octanol–water partition coefficient (Wildman–Crippen LogP) is -2.09. The summed E-state index contributed by atoms with van der Waals surface area (Å²) >= 11 is 0.806. The van der Waals surface area contributed by atoms with Crippen LogP contribution in [0.4, 0.5) is 0 Å². The number of nitrogens with zero attached hydrogens (tertiary/aromatic N) is 6. The summed E-state index contributed by atoms with van der Waals surface area (Å²) in [6.45, 7) is 7.11. The highest BCUT2D eigenvalue weighted by molar-refractivity contribution is 8.00. The summed E-state index contributed by atoms with van der Waals surface area (Å²) in [6.07, 6.45) is 4.06. The molecule has 0 bridgehead atoms. The van der Waals surface area contributed by atoms with Crippen molar-refractivity contribution in [2.75, 3.05) is 72.4 Å². The second-order valence-corrected chi connectivity index (χ2v) is 33.3. The number of nitrogens with two attached hydrogens (primary N) is 4. The molecule has 0 spiro atoms. The molecule has 12 atom stereocenters. The Balaban J connectivity index is 1.15. The number of unbranched alkanes of at least 4 members (excludes halogenated alkanes) is 1. The van der Waals surface area contributed by atoms with Crippen molar-refractivity contribution in [3.63, 3.8) is 0 Å². The largest absolute Gasteiger partial charge is 0.390 e. The summed E-state index contributed by atoms with van der Waals surface area (Å²) in [7, 11) is 5.32. The third-order valence-corrected chi connectivity index (χ3v) is 23.3. The van der Waals surface area contributed by atoms with Crippen molar-refractivity contribution in [3.05, 3.63) is 108 Å². The number of para-hydroxylation sites is 2. The Labute approximate surface area is 740 Å². The molecule has 40 nitrogen and oxygen atoms in total. The van der Waals surface area contributed by atoms with E-state index in [0.29, 0.717) is 57.8 Å². The van der Waals surface area contributed by atoms with Gasteiger partial charge >= 0.3 is 0 Å². The van der Waals surface area contributed by atoms with E-state index < -0.39 is 223 Å². The fourth-order valence-corrected chi connectivity index (χ4v) is 15.8. The molecule has 2 fully saturated rings. The molecule has 2 saturated heterocycles. The van der Waals surface area contributed by atoms with Gasteiger partial charge in [-0.25, -0.2) is 0 Å². The summed E-state index contributed by atoms with van der Waals surface area (Å²) in [5.74, 6) is -15.6. The fourth-order valence-electron chi connectivity index (χ4n) is 15.0. The number of carbonyl (C=O) groups is 18. The second-order valence-electron chi connectivity index (χ2n) is 32.3. The van der Waals surface area contributed by atoms with Crippen LogP contribution in [0.3, 0.4) is 0 Å². The summed E-state index contributed by atoms with van der Waals surface area (Å²) in [5, 5.41) is 28.2. The third-order valence-electron chi connectivity index (χ3n) is 22.2. The monoisotopic (exact) mass is 1780 g/mol. The Morgan fingerprint density at radius 3 is 1.94 bits per heavy atom. The average molecular weight is 1780 g/mol. The molecule has 2 aliphatic rings. The van der Waals surface area contributed by atoms with Crippen molar-refractivity contribution >= 4 is 146 Å². The maximum Gasteiger partial charge on any atom is 0.246 e. The van der Waals surface area contributed by atoms with E-state index in [9.17, 15) is 62.3 Å². The lowest BCUT2D eigenvalue weighted by Gasteiger charge is -2.35. The van der Waals surface area contributed by atoms with Gasteiger partial charge in [0.25, 0.3) is 0 Å². The quantitative estimate of drug-likeness (QED) is 0.0148. The molecule has 18 amide bonds. The molecule has 41 heteroatoms. The Hall–Kier alpha value is -13.0. The zero-order chi connectivity index (χ0) is 93.3. The fraction of sp³-hybridized carbons (Fsp3) is 0.523. The molecule has 0 radical (unpaired) electrons. The van der Waals surface area contributed by atoms with Crippen LogP contribution in [0.5, 0.6) is 0 Å². The van der Waals surface area contributed by atoms with Crippen LogP contribution in [0, 0.1) is 5.92 Å². The minimum absolute atomic E-state index is 0.0260. The number of carbonyl (C=O) groups excluding carboxylic acids is 18. The zero-order valence-electron chi connectivity index (χ0n) is 73.3. The number of fused-ring (bicyclic) bond motifs is 2. The number of primary amides is 3. The van der Waals surface area contributed by atoms with Crippen LogP contribution in [-0.2, 0) is 106 Å². The number of aromatic amines is 2. The van der Waals surface area contributed by atoms with Crippen LogP contribution in [0.25, 0.3) is 21.8 Å². The van der Waals surface area contributed by atoms with Gasteiger partial charge < -0.3 is 111 Å². The van der Waals surface area contributed by atoms with E-state index in [-0.39, 0.29) is 89.8 Å². The van der Waals surface area contributed by atoms with E-state index in [1.807, 2.05) is 20.8 Å². The first-order valence-corrected chi connectivity index (χ1v) is 43.6. The Bertz CT molecular complexity index is 4770. The van der Waals surface area contributed by atoms with Crippen LogP contribution in [-0.4, -0.2) is 292 Å². The summed E-state index contributed by atoms with van der Waals surface area (Å²) in [6, 6.07) is 6.06. The molecule has 690 valence electrons. The molecule has 127 heavy (non-hydrogen) atoms. The highest BCUT2D eigenvalue weighted by Crippen LogP contribution is 2.25. The van der Waals surface area contributed by atoms with Gasteiger partial charge in [-0.15, -0.1) is 11.8 Å². The van der Waals surface area contributed by atoms with Gasteiger partial charge in [0.1, 0.15) is 72.5 Å². The molecule has 4 heterocycles. The minimum Gasteiger partial charge on any atom is -0.390 e. The highest BCUT2D eigenvalue weighted by atomic mass is 32.2. The minimum atomic E-state index is -1.64. The summed E-state index contributed by atoms with van der Waals surface area (Å²) in [5.41, 5.74) is 24.9. The number of likely N-dealkylation sites (tertiary alicyclic amines) is 1. The number of benzene rings is 3. The van der Waals surface area contributed by atoms with Gasteiger partial charge in [-0.3, -0.25) is 91.3 Å². The molecular formula is C86H122N22O18S. The van der Waals surface area contributed by atoms with Crippen LogP contribution >= 0.6 is 11.8 Å². The molecule has 2 aromatic heterocycles. The van der Waals surface area contributed by atoms with E-state index in [0.717, 1.165) is 42.6 Å². The molecule has 2 aliphatic heterocycles. The van der Waals surface area contributed by atoms with Crippen molar-refractivity contribution in [3.8, 4) is 0 Å². The van der Waals surface area contributed by atoms with E-state index >= 15 is 24.0 Å². The molecule has 20 N–H and O–H groups in total. The predicted molar refractivity (Wildman–Crippen MR) is 473 cm³/mol. The number of rotatable bonds is 39. The van der Waals surface area contributed by atoms with Crippen LogP contribution in [0.15, 0.2) is 96.2 Å². The Kier molecular flexibility index (Phi) is 39.5. The number of amides is 18. The van der Waals surface area contributed by atoms with Crippen molar-refractivity contribution in [2.24, 2.45) is 33.8 Å². The number of hydrogen-bond donors (Lipinski definition) is 16. The maximum atomic E-state index is 15.4. The van der Waals surface area contributed by atoms with Gasteiger partial charge in [0.2, 0.25) is 106 Å². The number of likely N-dealkylation sites (N-methyl/N-ethyl adjacent to an activating group) is 4. The van der Waals surface area contributed by atoms with E-state index in [2.05, 4.69) is 68.1 Å². The van der Waals surface area contributed by atoms with Gasteiger partial charge in [0.15, 0.2) is 0 Å². The third kappa shape index (κ3) is 30.4. The number of H-pyrrole nitrogens is 2. The van der Waals surface area contributed by atoms with Gasteiger partial charge in [-0.05, 0) is 100.0 Å². The SMILES string of the molecule is CCCC[C@H]1C(=O)N[C@H](C(=O)N[C@@H](CSCC(=O)N[C@@H](Cc2ccccc2)C(=O)N(C)[C@@H](C)C(=O)N[C@@H](CC(N)=O)C(=O)N2CCC[C@H]2C(N)=O)C(=O)NCC(N)=O)CCCCNC(=O)CC[C@H](NC(=O)[C@H](Cc2c[nH]c3ccccc23)NC(=O)CN(C)C(=O)[C@H](CC(C)C)NC(=O)CCN=CN)C(=O)N[C@@H](Cc2c[nH]c3ccccc23)C(=O)N(C)C(C)C(=O)N1C. The molecular weight excluding hydrogens is 1660 g/mol. The van der Waals surface area contributed by atoms with Crippen LogP contribution < -0.4 is 76.1 Å². The van der Waals surface area contributed by atoms with Crippen LogP contribution in [0.1, 0.15) is 135 Å². The van der Waals surface area contributed by atoms with Crippen molar-refractivity contribution in [2.45, 2.75) is 210 Å². The molecule has 7 rings (SSSR count). The highest BCUT2D eigenvalue weighted by Gasteiger charge is 2.42. The van der Waals surface area contributed by atoms with Crippen molar-refractivity contribution in [1.82, 2.24) is 87.6 Å². The molecule has 0 saturated carbocycles. The molecule has 1 unspecified atom stereocenters. The lowest BCUT2D eigenvalue weighted by molar-refractivity contribution is -0.148. The maximum absolute atomic E-state index is 15.4. The number of aliphatic imine (C=N–C) groups is 1. The lowest BCUT2D eigenvalue weighted by Crippen LogP contribution is -2.60. The van der Waals surface area contributed by atoms with E-state index in [1.165, 1.54) is 42.0 Å². The molecule has 0 aliphatic carbocycles. The smallest absolute Gasteiger partial charge is 0.246 e. The normalized spacial score (nSPS) is 19.1.